The van der Waals surface area contributed by atoms with Gasteiger partial charge in [-0.2, -0.15) is 0 Å². The highest BCUT2D eigenvalue weighted by molar-refractivity contribution is 5.85. The standard InChI is InChI=1S/C14H14F3NO3/c1-7(14(20)21)18(9-2-3-9)13(19)5-8-4-11(16)12(17)6-10(8)15/h4,6-7,9H,2-3,5H2,1H3,(H,20,21). The fraction of sp³-hybridized carbons (Fsp3) is 0.429. The molecule has 0 aromatic heterocycles. The molecule has 1 amide bonds. The number of amides is 1. The summed E-state index contributed by atoms with van der Waals surface area (Å²) in [6.45, 7) is 1.36. The monoisotopic (exact) mass is 301 g/mol. The molecule has 1 saturated carbocycles. The Labute approximate surface area is 119 Å². The van der Waals surface area contributed by atoms with Gasteiger partial charge >= 0.3 is 5.97 Å². The summed E-state index contributed by atoms with van der Waals surface area (Å²) in [5.41, 5.74) is -0.290. The van der Waals surface area contributed by atoms with Crippen LogP contribution in [0.2, 0.25) is 0 Å². The summed E-state index contributed by atoms with van der Waals surface area (Å²) >= 11 is 0. The van der Waals surface area contributed by atoms with E-state index in [0.29, 0.717) is 25.0 Å². The van der Waals surface area contributed by atoms with Crippen molar-refractivity contribution in [3.8, 4) is 0 Å². The fourth-order valence-electron chi connectivity index (χ4n) is 2.16. The number of benzene rings is 1. The van der Waals surface area contributed by atoms with Crippen molar-refractivity contribution in [2.45, 2.75) is 38.3 Å². The number of hydrogen-bond donors (Lipinski definition) is 1. The van der Waals surface area contributed by atoms with Gasteiger partial charge in [0, 0.05) is 17.7 Å². The second-order valence-electron chi connectivity index (χ2n) is 5.08. The number of carbonyl (C=O) groups is 2. The lowest BCUT2D eigenvalue weighted by Gasteiger charge is -2.26. The van der Waals surface area contributed by atoms with Gasteiger partial charge in [0.2, 0.25) is 5.91 Å². The lowest BCUT2D eigenvalue weighted by molar-refractivity contribution is -0.149. The van der Waals surface area contributed by atoms with E-state index >= 15 is 0 Å². The Morgan fingerprint density at radius 2 is 1.81 bits per heavy atom. The molecule has 1 aliphatic carbocycles. The van der Waals surface area contributed by atoms with Crippen molar-refractivity contribution >= 4 is 11.9 Å². The van der Waals surface area contributed by atoms with Crippen LogP contribution in [0.1, 0.15) is 25.3 Å². The minimum atomic E-state index is -1.33. The molecule has 0 saturated heterocycles. The van der Waals surface area contributed by atoms with E-state index < -0.39 is 41.8 Å². The van der Waals surface area contributed by atoms with E-state index in [4.69, 9.17) is 5.11 Å². The molecule has 1 aliphatic rings. The molecule has 0 bridgehead atoms. The Morgan fingerprint density at radius 3 is 2.33 bits per heavy atom. The zero-order chi connectivity index (χ0) is 15.7. The summed E-state index contributed by atoms with van der Waals surface area (Å²) in [4.78, 5) is 24.4. The van der Waals surface area contributed by atoms with Gasteiger partial charge in [0.1, 0.15) is 11.9 Å². The second-order valence-corrected chi connectivity index (χ2v) is 5.08. The van der Waals surface area contributed by atoms with Crippen LogP contribution in [0, 0.1) is 17.5 Å². The minimum absolute atomic E-state index is 0.183. The molecular weight excluding hydrogens is 287 g/mol. The van der Waals surface area contributed by atoms with E-state index in [1.165, 1.54) is 11.8 Å². The number of carboxylic acid groups (broad SMARTS) is 1. The van der Waals surface area contributed by atoms with E-state index in [2.05, 4.69) is 0 Å². The molecule has 4 nitrogen and oxygen atoms in total. The Morgan fingerprint density at radius 1 is 1.24 bits per heavy atom. The number of aliphatic carboxylic acids is 1. The maximum atomic E-state index is 13.5. The van der Waals surface area contributed by atoms with Gasteiger partial charge in [0.05, 0.1) is 6.42 Å². The van der Waals surface area contributed by atoms with Crippen molar-refractivity contribution in [1.82, 2.24) is 4.90 Å². The molecule has 0 heterocycles. The van der Waals surface area contributed by atoms with Gasteiger partial charge in [-0.05, 0) is 25.8 Å². The van der Waals surface area contributed by atoms with Crippen molar-refractivity contribution in [2.75, 3.05) is 0 Å². The molecule has 0 aliphatic heterocycles. The van der Waals surface area contributed by atoms with Crippen LogP contribution in [-0.2, 0) is 16.0 Å². The number of halogens is 3. The Bertz CT molecular complexity index is 587. The Balaban J connectivity index is 2.19. The molecule has 114 valence electrons. The lowest BCUT2D eigenvalue weighted by Crippen LogP contribution is -2.45. The van der Waals surface area contributed by atoms with E-state index in [1.807, 2.05) is 0 Å². The molecular formula is C14H14F3NO3. The predicted octanol–water partition coefficient (Wildman–Crippen LogP) is 2.11. The summed E-state index contributed by atoms with van der Waals surface area (Å²) in [5, 5.41) is 9.00. The average molecular weight is 301 g/mol. The van der Waals surface area contributed by atoms with Crippen LogP contribution >= 0.6 is 0 Å². The van der Waals surface area contributed by atoms with Crippen LogP contribution < -0.4 is 0 Å². The second kappa shape index (κ2) is 5.75. The topological polar surface area (TPSA) is 57.6 Å². The zero-order valence-electron chi connectivity index (χ0n) is 11.3. The third-order valence-corrected chi connectivity index (χ3v) is 3.43. The highest BCUT2D eigenvalue weighted by Crippen LogP contribution is 2.29. The summed E-state index contributed by atoms with van der Waals surface area (Å²) in [5.74, 6) is -5.38. The van der Waals surface area contributed by atoms with Crippen LogP contribution in [0.15, 0.2) is 12.1 Å². The van der Waals surface area contributed by atoms with Crippen molar-refractivity contribution in [2.24, 2.45) is 0 Å². The van der Waals surface area contributed by atoms with Gasteiger partial charge in [0.15, 0.2) is 11.6 Å². The van der Waals surface area contributed by atoms with Crippen LogP contribution in [0.5, 0.6) is 0 Å². The smallest absolute Gasteiger partial charge is 0.326 e. The van der Waals surface area contributed by atoms with Crippen LogP contribution in [0.3, 0.4) is 0 Å². The van der Waals surface area contributed by atoms with Gasteiger partial charge in [0.25, 0.3) is 0 Å². The summed E-state index contributed by atoms with van der Waals surface area (Å²) in [6, 6.07) is -0.227. The van der Waals surface area contributed by atoms with Crippen molar-refractivity contribution < 1.29 is 27.9 Å². The van der Waals surface area contributed by atoms with Gasteiger partial charge in [-0.25, -0.2) is 18.0 Å². The lowest BCUT2D eigenvalue weighted by atomic mass is 10.1. The van der Waals surface area contributed by atoms with Gasteiger partial charge in [-0.3, -0.25) is 4.79 Å². The molecule has 1 aromatic rings. The average Bonchev–Trinajstić information content (AvgIpc) is 3.20. The first kappa shape index (κ1) is 15.3. The quantitative estimate of drug-likeness (QED) is 0.847. The normalized spacial score (nSPS) is 15.6. The number of carboxylic acids is 1. The van der Waals surface area contributed by atoms with Crippen LogP contribution in [0.4, 0.5) is 13.2 Å². The number of hydrogen-bond acceptors (Lipinski definition) is 2. The highest BCUT2D eigenvalue weighted by atomic mass is 19.2. The molecule has 1 unspecified atom stereocenters. The van der Waals surface area contributed by atoms with E-state index in [-0.39, 0.29) is 11.6 Å². The minimum Gasteiger partial charge on any atom is -0.480 e. The Hall–Kier alpha value is -2.05. The molecule has 21 heavy (non-hydrogen) atoms. The summed E-state index contributed by atoms with van der Waals surface area (Å²) in [6.07, 6.45) is 0.865. The highest BCUT2D eigenvalue weighted by Gasteiger charge is 2.38. The first-order valence-electron chi connectivity index (χ1n) is 6.48. The number of carbonyl (C=O) groups excluding carboxylic acids is 1. The predicted molar refractivity (Wildman–Crippen MR) is 67.0 cm³/mol. The maximum absolute atomic E-state index is 13.5. The van der Waals surface area contributed by atoms with Crippen molar-refractivity contribution in [1.29, 1.82) is 0 Å². The Kier molecular flexibility index (Phi) is 4.20. The van der Waals surface area contributed by atoms with E-state index in [9.17, 15) is 22.8 Å². The van der Waals surface area contributed by atoms with E-state index in [0.717, 1.165) is 0 Å². The molecule has 1 aromatic carbocycles. The molecule has 2 rings (SSSR count). The number of rotatable bonds is 5. The first-order chi connectivity index (χ1) is 9.81. The third-order valence-electron chi connectivity index (χ3n) is 3.43. The van der Waals surface area contributed by atoms with Crippen LogP contribution in [-0.4, -0.2) is 34.0 Å². The maximum Gasteiger partial charge on any atom is 0.326 e. The largest absolute Gasteiger partial charge is 0.480 e. The summed E-state index contributed by atoms with van der Waals surface area (Å²) < 4.78 is 39.5. The van der Waals surface area contributed by atoms with Gasteiger partial charge in [-0.15, -0.1) is 0 Å². The number of nitrogens with zero attached hydrogens (tertiary/aromatic N) is 1. The summed E-state index contributed by atoms with van der Waals surface area (Å²) in [7, 11) is 0. The fourth-order valence-corrected chi connectivity index (χ4v) is 2.16. The molecule has 7 heteroatoms. The molecule has 1 atom stereocenters. The van der Waals surface area contributed by atoms with Crippen molar-refractivity contribution in [3.05, 3.63) is 35.1 Å². The van der Waals surface area contributed by atoms with E-state index in [1.54, 1.807) is 0 Å². The SMILES string of the molecule is CC(C(=O)O)N(C(=O)Cc1cc(F)c(F)cc1F)C1CC1. The molecule has 0 radical (unpaired) electrons. The molecule has 1 fully saturated rings. The van der Waals surface area contributed by atoms with Crippen LogP contribution in [0.25, 0.3) is 0 Å². The molecule has 0 spiro atoms. The van der Waals surface area contributed by atoms with Gasteiger partial charge < -0.3 is 10.0 Å². The first-order valence-corrected chi connectivity index (χ1v) is 6.48. The molecule has 1 N–H and O–H groups in total. The van der Waals surface area contributed by atoms with Crippen molar-refractivity contribution in [3.63, 3.8) is 0 Å². The third kappa shape index (κ3) is 3.34. The van der Waals surface area contributed by atoms with Gasteiger partial charge in [-0.1, -0.05) is 0 Å². The zero-order valence-corrected chi connectivity index (χ0v) is 11.3.